The van der Waals surface area contributed by atoms with E-state index in [0.29, 0.717) is 36.1 Å². The zero-order chi connectivity index (χ0) is 25.5. The molecular formula is C27H30N4O4S. The van der Waals surface area contributed by atoms with Crippen molar-refractivity contribution in [2.45, 2.75) is 25.5 Å². The molecule has 0 bridgehead atoms. The highest BCUT2D eigenvalue weighted by Crippen LogP contribution is 2.21. The number of rotatable bonds is 11. The number of aliphatic hydroxyl groups excluding tert-OH is 1. The summed E-state index contributed by atoms with van der Waals surface area (Å²) in [6, 6.07) is 23.9. The van der Waals surface area contributed by atoms with Gasteiger partial charge in [0.2, 0.25) is 0 Å². The molecule has 0 aliphatic rings. The van der Waals surface area contributed by atoms with Crippen LogP contribution in [0.4, 0.5) is 5.69 Å². The summed E-state index contributed by atoms with van der Waals surface area (Å²) < 4.78 is 24.5. The molecule has 0 radical (unpaired) electrons. The Balaban J connectivity index is 1.32. The molecular weight excluding hydrogens is 476 g/mol. The Morgan fingerprint density at radius 1 is 1.00 bits per heavy atom. The molecule has 0 saturated heterocycles. The van der Waals surface area contributed by atoms with Gasteiger partial charge >= 0.3 is 0 Å². The summed E-state index contributed by atoms with van der Waals surface area (Å²) in [6.07, 6.45) is 1.55. The van der Waals surface area contributed by atoms with Crippen molar-refractivity contribution < 1.29 is 13.9 Å². The zero-order valence-corrected chi connectivity index (χ0v) is 20.8. The second-order valence-corrected chi connectivity index (χ2v) is 9.57. The Labute approximate surface area is 212 Å². The minimum atomic E-state index is -2.16. The summed E-state index contributed by atoms with van der Waals surface area (Å²) in [5.41, 5.74) is 2.23. The van der Waals surface area contributed by atoms with E-state index in [4.69, 9.17) is 0 Å². The van der Waals surface area contributed by atoms with Gasteiger partial charge in [-0.15, -0.1) is 0 Å². The Morgan fingerprint density at radius 2 is 1.69 bits per heavy atom. The molecule has 0 aliphatic carbocycles. The molecule has 0 spiro atoms. The number of hydrogen-bond donors (Lipinski definition) is 3. The normalized spacial score (nSPS) is 13.9. The molecule has 3 N–H and O–H groups in total. The van der Waals surface area contributed by atoms with Crippen molar-refractivity contribution in [2.75, 3.05) is 23.9 Å². The number of hydrogen-bond acceptors (Lipinski definition) is 5. The monoisotopic (exact) mass is 506 g/mol. The van der Waals surface area contributed by atoms with E-state index in [1.54, 1.807) is 36.5 Å². The van der Waals surface area contributed by atoms with Crippen LogP contribution in [0.3, 0.4) is 0 Å². The van der Waals surface area contributed by atoms with Crippen LogP contribution in [0.15, 0.2) is 89.9 Å². The fraction of sp³-hybridized carbons (Fsp3) is 0.259. The van der Waals surface area contributed by atoms with Crippen molar-refractivity contribution in [3.05, 3.63) is 107 Å². The van der Waals surface area contributed by atoms with Crippen molar-refractivity contribution in [1.82, 2.24) is 15.1 Å². The summed E-state index contributed by atoms with van der Waals surface area (Å²) in [6.45, 7) is 3.03. The summed E-state index contributed by atoms with van der Waals surface area (Å²) >= 11 is -2.16. The van der Waals surface area contributed by atoms with E-state index in [0.717, 1.165) is 10.9 Å². The molecule has 0 fully saturated rings. The van der Waals surface area contributed by atoms with Crippen LogP contribution in [0.25, 0.3) is 10.8 Å². The van der Waals surface area contributed by atoms with Gasteiger partial charge in [-0.3, -0.25) is 13.7 Å². The maximum absolute atomic E-state index is 12.7. The van der Waals surface area contributed by atoms with Crippen molar-refractivity contribution >= 4 is 27.7 Å². The molecule has 3 atom stereocenters. The maximum atomic E-state index is 12.7. The number of nitrogens with zero attached hydrogens (tertiary/aromatic N) is 3. The van der Waals surface area contributed by atoms with Gasteiger partial charge in [0.1, 0.15) is 0 Å². The van der Waals surface area contributed by atoms with E-state index in [1.807, 2.05) is 55.5 Å². The average molecular weight is 507 g/mol. The van der Waals surface area contributed by atoms with Crippen molar-refractivity contribution in [2.24, 2.45) is 0 Å². The van der Waals surface area contributed by atoms with Crippen LogP contribution in [0.1, 0.15) is 30.2 Å². The minimum Gasteiger partial charge on any atom is -0.387 e. The lowest BCUT2D eigenvalue weighted by atomic mass is 10.1. The van der Waals surface area contributed by atoms with Gasteiger partial charge in [-0.25, -0.2) is 8.89 Å². The molecule has 1 heterocycles. The van der Waals surface area contributed by atoms with Crippen LogP contribution in [0.5, 0.6) is 0 Å². The fourth-order valence-electron chi connectivity index (χ4n) is 4.09. The molecule has 8 nitrogen and oxygen atoms in total. The molecule has 4 aromatic rings. The minimum absolute atomic E-state index is 0.142. The van der Waals surface area contributed by atoms with Crippen LogP contribution >= 0.6 is 0 Å². The summed E-state index contributed by atoms with van der Waals surface area (Å²) in [5.74, 6) is 0. The number of fused-ring (bicyclic) bond motifs is 1. The smallest absolute Gasteiger partial charge is 0.274 e. The number of benzene rings is 3. The van der Waals surface area contributed by atoms with Crippen molar-refractivity contribution in [3.8, 4) is 0 Å². The van der Waals surface area contributed by atoms with E-state index >= 15 is 0 Å². The number of anilines is 1. The van der Waals surface area contributed by atoms with Gasteiger partial charge in [-0.2, -0.15) is 5.10 Å². The Bertz CT molecular complexity index is 1360. The molecule has 3 aromatic carbocycles. The molecule has 0 amide bonds. The van der Waals surface area contributed by atoms with Gasteiger partial charge in [0.25, 0.3) is 16.8 Å². The lowest BCUT2D eigenvalue weighted by molar-refractivity contribution is 0.173. The molecule has 188 valence electrons. The second-order valence-electron chi connectivity index (χ2n) is 8.66. The van der Waals surface area contributed by atoms with E-state index in [1.165, 1.54) is 8.99 Å². The first-order valence-electron chi connectivity index (χ1n) is 11.8. The van der Waals surface area contributed by atoms with Crippen LogP contribution in [0, 0.1) is 0 Å². The Hall–Kier alpha value is -3.37. The van der Waals surface area contributed by atoms with Gasteiger partial charge in [-0.05, 0) is 42.7 Å². The Kier molecular flexibility index (Phi) is 8.61. The predicted molar refractivity (Wildman–Crippen MR) is 143 cm³/mol. The third-order valence-electron chi connectivity index (χ3n) is 6.12. The third kappa shape index (κ3) is 6.24. The molecule has 4 rings (SSSR count). The third-order valence-corrected chi connectivity index (χ3v) is 6.89. The lowest BCUT2D eigenvalue weighted by Crippen LogP contribution is -2.34. The average Bonchev–Trinajstić information content (AvgIpc) is 2.90. The first kappa shape index (κ1) is 25.7. The van der Waals surface area contributed by atoms with Crippen LogP contribution in [0.2, 0.25) is 0 Å². The van der Waals surface area contributed by atoms with Gasteiger partial charge in [0.15, 0.2) is 0 Å². The topological polar surface area (TPSA) is 108 Å². The SMILES string of the molecule is CC(CNCC(O)c1ccc(N(CCc2ccccc2)S(=O)O)cc1)n1ncc2ccccc2c1=O. The van der Waals surface area contributed by atoms with Crippen LogP contribution in [-0.2, 0) is 17.7 Å². The molecule has 0 saturated carbocycles. The number of aliphatic hydroxyl groups is 1. The fourth-order valence-corrected chi connectivity index (χ4v) is 4.64. The first-order chi connectivity index (χ1) is 17.4. The van der Waals surface area contributed by atoms with E-state index in [2.05, 4.69) is 10.4 Å². The van der Waals surface area contributed by atoms with E-state index in [-0.39, 0.29) is 18.1 Å². The summed E-state index contributed by atoms with van der Waals surface area (Å²) in [5, 5.41) is 19.5. The zero-order valence-electron chi connectivity index (χ0n) is 20.0. The van der Waals surface area contributed by atoms with Crippen molar-refractivity contribution in [3.63, 3.8) is 0 Å². The maximum Gasteiger partial charge on any atom is 0.274 e. The highest BCUT2D eigenvalue weighted by Gasteiger charge is 2.15. The highest BCUT2D eigenvalue weighted by atomic mass is 32.2. The summed E-state index contributed by atoms with van der Waals surface area (Å²) in [7, 11) is 0. The molecule has 36 heavy (non-hydrogen) atoms. The predicted octanol–water partition coefficient (Wildman–Crippen LogP) is 3.47. The second kappa shape index (κ2) is 12.0. The largest absolute Gasteiger partial charge is 0.387 e. The van der Waals surface area contributed by atoms with Crippen LogP contribution < -0.4 is 15.2 Å². The van der Waals surface area contributed by atoms with Crippen molar-refractivity contribution in [1.29, 1.82) is 0 Å². The molecule has 9 heteroatoms. The van der Waals surface area contributed by atoms with Crippen LogP contribution in [-0.4, -0.2) is 43.3 Å². The van der Waals surface area contributed by atoms with Gasteiger partial charge in [0.05, 0.1) is 29.4 Å². The molecule has 1 aromatic heterocycles. The standard InChI is InChI=1S/C27H30N4O4S/c1-20(31-27(33)25-10-6-5-9-23(25)18-29-31)17-28-19-26(32)22-11-13-24(14-12-22)30(36(34)35)16-15-21-7-3-2-4-8-21/h2-14,18,20,26,28,32H,15-17,19H2,1H3,(H,34,35). The quantitative estimate of drug-likeness (QED) is 0.269. The molecule has 0 aliphatic heterocycles. The van der Waals surface area contributed by atoms with Gasteiger partial charge in [0, 0.05) is 25.0 Å². The lowest BCUT2D eigenvalue weighted by Gasteiger charge is -2.21. The Morgan fingerprint density at radius 3 is 2.42 bits per heavy atom. The van der Waals surface area contributed by atoms with Gasteiger partial charge in [-0.1, -0.05) is 60.7 Å². The number of aromatic nitrogens is 2. The van der Waals surface area contributed by atoms with E-state index < -0.39 is 17.4 Å². The first-order valence-corrected chi connectivity index (χ1v) is 12.9. The molecule has 3 unspecified atom stereocenters. The number of nitrogens with one attached hydrogen (secondary N) is 1. The van der Waals surface area contributed by atoms with E-state index in [9.17, 15) is 18.7 Å². The summed E-state index contributed by atoms with van der Waals surface area (Å²) in [4.78, 5) is 12.7. The van der Waals surface area contributed by atoms with Gasteiger partial charge < -0.3 is 10.4 Å². The highest BCUT2D eigenvalue weighted by molar-refractivity contribution is 7.80.